The van der Waals surface area contributed by atoms with Crippen LogP contribution in [-0.4, -0.2) is 40.8 Å². The van der Waals surface area contributed by atoms with Crippen LogP contribution in [0.1, 0.15) is 51.4 Å². The second-order valence-corrected chi connectivity index (χ2v) is 9.59. The Balaban J connectivity index is 1.20. The van der Waals surface area contributed by atoms with E-state index in [2.05, 4.69) is 10.9 Å². The summed E-state index contributed by atoms with van der Waals surface area (Å²) in [7, 11) is 0. The SMILES string of the molecule is O=C(CCN1CCSC1=O)NNC(=O)CC12CC3CC(CC(C3)C1)C2. The van der Waals surface area contributed by atoms with Crippen molar-refractivity contribution < 1.29 is 14.4 Å². The molecule has 138 valence electrons. The van der Waals surface area contributed by atoms with Crippen molar-refractivity contribution in [2.75, 3.05) is 18.8 Å². The van der Waals surface area contributed by atoms with E-state index in [-0.39, 0.29) is 28.9 Å². The fraction of sp³-hybridized carbons (Fsp3) is 0.833. The zero-order valence-electron chi connectivity index (χ0n) is 14.6. The van der Waals surface area contributed by atoms with Crippen molar-refractivity contribution in [1.29, 1.82) is 0 Å². The fourth-order valence-electron chi connectivity index (χ4n) is 5.96. The third-order valence-corrected chi connectivity index (χ3v) is 7.39. The van der Waals surface area contributed by atoms with Gasteiger partial charge in [-0.15, -0.1) is 0 Å². The summed E-state index contributed by atoms with van der Waals surface area (Å²) in [4.78, 5) is 37.4. The number of carbonyl (C=O) groups excluding carboxylic acids is 3. The normalized spacial score (nSPS) is 35.9. The zero-order chi connectivity index (χ0) is 17.4. The Bertz CT molecular complexity index is 545. The van der Waals surface area contributed by atoms with Crippen LogP contribution in [-0.2, 0) is 9.59 Å². The van der Waals surface area contributed by atoms with Crippen LogP contribution in [0.5, 0.6) is 0 Å². The largest absolute Gasteiger partial charge is 0.332 e. The second kappa shape index (κ2) is 6.82. The van der Waals surface area contributed by atoms with Gasteiger partial charge in [-0.05, 0) is 61.7 Å². The number of hydrazine groups is 1. The Morgan fingerprint density at radius 1 is 1.04 bits per heavy atom. The summed E-state index contributed by atoms with van der Waals surface area (Å²) in [6, 6.07) is 0. The first kappa shape index (κ1) is 17.2. The van der Waals surface area contributed by atoms with Gasteiger partial charge in [0.05, 0.1) is 0 Å². The maximum Gasteiger partial charge on any atom is 0.281 e. The third-order valence-electron chi connectivity index (χ3n) is 6.50. The summed E-state index contributed by atoms with van der Waals surface area (Å²) < 4.78 is 0. The van der Waals surface area contributed by atoms with Gasteiger partial charge < -0.3 is 4.90 Å². The standard InChI is InChI=1S/C18H27N3O3S/c22-15(1-2-21-3-4-25-17(21)24)19-20-16(23)11-18-8-12-5-13(9-18)7-14(6-12)10-18/h12-14H,1-11H2,(H,19,22)(H,20,23). The molecule has 0 atom stereocenters. The first-order valence-corrected chi connectivity index (χ1v) is 10.5. The van der Waals surface area contributed by atoms with Crippen LogP contribution in [0.15, 0.2) is 0 Å². The van der Waals surface area contributed by atoms with Crippen molar-refractivity contribution in [3.63, 3.8) is 0 Å². The van der Waals surface area contributed by atoms with Gasteiger partial charge in [0.1, 0.15) is 0 Å². The molecule has 4 saturated carbocycles. The molecule has 4 aliphatic carbocycles. The van der Waals surface area contributed by atoms with E-state index in [0.29, 0.717) is 19.5 Å². The number of nitrogens with zero attached hydrogens (tertiary/aromatic N) is 1. The van der Waals surface area contributed by atoms with Gasteiger partial charge in [-0.2, -0.15) is 0 Å². The molecule has 25 heavy (non-hydrogen) atoms. The molecule has 1 heterocycles. The molecule has 1 aliphatic heterocycles. The van der Waals surface area contributed by atoms with E-state index < -0.39 is 0 Å². The van der Waals surface area contributed by atoms with Gasteiger partial charge in [0.25, 0.3) is 5.24 Å². The van der Waals surface area contributed by atoms with E-state index in [1.165, 1.54) is 50.3 Å². The van der Waals surface area contributed by atoms with E-state index in [4.69, 9.17) is 0 Å². The van der Waals surface area contributed by atoms with Gasteiger partial charge in [-0.3, -0.25) is 25.2 Å². The summed E-state index contributed by atoms with van der Waals surface area (Å²) in [6.45, 7) is 1.12. The number of nitrogens with one attached hydrogen (secondary N) is 2. The lowest BCUT2D eigenvalue weighted by Crippen LogP contribution is -2.50. The summed E-state index contributed by atoms with van der Waals surface area (Å²) in [5.74, 6) is 2.97. The Hall–Kier alpha value is -1.24. The number of thioether (sulfide) groups is 1. The minimum atomic E-state index is -0.233. The molecule has 2 N–H and O–H groups in total. The number of amides is 3. The Morgan fingerprint density at radius 3 is 2.20 bits per heavy atom. The Kier molecular flexibility index (Phi) is 4.69. The predicted octanol–water partition coefficient (Wildman–Crippen LogP) is 2.30. The van der Waals surface area contributed by atoms with Crippen LogP contribution in [0, 0.1) is 23.2 Å². The van der Waals surface area contributed by atoms with Crippen LogP contribution in [0.25, 0.3) is 0 Å². The lowest BCUT2D eigenvalue weighted by molar-refractivity contribution is -0.134. The van der Waals surface area contributed by atoms with Crippen LogP contribution in [0.4, 0.5) is 4.79 Å². The molecule has 0 radical (unpaired) electrons. The molecule has 0 spiro atoms. The fourth-order valence-corrected chi connectivity index (χ4v) is 6.81. The van der Waals surface area contributed by atoms with Crippen molar-refractivity contribution in [1.82, 2.24) is 15.8 Å². The highest BCUT2D eigenvalue weighted by Gasteiger charge is 2.51. The van der Waals surface area contributed by atoms with Crippen LogP contribution in [0.3, 0.4) is 0 Å². The van der Waals surface area contributed by atoms with Crippen LogP contribution >= 0.6 is 11.8 Å². The molecule has 1 saturated heterocycles. The summed E-state index contributed by atoms with van der Waals surface area (Å²) in [5.41, 5.74) is 5.30. The minimum Gasteiger partial charge on any atom is -0.332 e. The molecule has 0 aromatic heterocycles. The lowest BCUT2D eigenvalue weighted by atomic mass is 9.49. The molecule has 6 nitrogen and oxygen atoms in total. The highest BCUT2D eigenvalue weighted by atomic mass is 32.2. The van der Waals surface area contributed by atoms with E-state index in [1.54, 1.807) is 4.90 Å². The molecule has 0 aromatic rings. The van der Waals surface area contributed by atoms with Crippen LogP contribution < -0.4 is 10.9 Å². The van der Waals surface area contributed by atoms with Crippen molar-refractivity contribution in [2.24, 2.45) is 23.2 Å². The highest BCUT2D eigenvalue weighted by Crippen LogP contribution is 2.61. The van der Waals surface area contributed by atoms with E-state index in [9.17, 15) is 14.4 Å². The van der Waals surface area contributed by atoms with Crippen molar-refractivity contribution >= 4 is 28.8 Å². The summed E-state index contributed by atoms with van der Waals surface area (Å²) in [5, 5.41) is 0.0404. The third kappa shape index (κ3) is 3.81. The Morgan fingerprint density at radius 2 is 1.64 bits per heavy atom. The maximum atomic E-state index is 12.4. The number of rotatable bonds is 5. The first-order chi connectivity index (χ1) is 12.0. The topological polar surface area (TPSA) is 78.5 Å². The molecular weight excluding hydrogens is 338 g/mol. The molecule has 3 amide bonds. The first-order valence-electron chi connectivity index (χ1n) is 9.51. The molecule has 7 heteroatoms. The minimum absolute atomic E-state index is 0.0404. The van der Waals surface area contributed by atoms with Crippen molar-refractivity contribution in [3.05, 3.63) is 0 Å². The van der Waals surface area contributed by atoms with Gasteiger partial charge in [0.15, 0.2) is 0 Å². The van der Waals surface area contributed by atoms with Crippen molar-refractivity contribution in [2.45, 2.75) is 51.4 Å². The molecule has 0 aromatic carbocycles. The molecule has 5 aliphatic rings. The average molecular weight is 365 g/mol. The monoisotopic (exact) mass is 365 g/mol. The molecule has 0 unspecified atom stereocenters. The van der Waals surface area contributed by atoms with E-state index >= 15 is 0 Å². The van der Waals surface area contributed by atoms with Gasteiger partial charge in [0, 0.05) is 31.7 Å². The van der Waals surface area contributed by atoms with Gasteiger partial charge >= 0.3 is 0 Å². The molecule has 4 bridgehead atoms. The smallest absolute Gasteiger partial charge is 0.281 e. The maximum absolute atomic E-state index is 12.4. The van der Waals surface area contributed by atoms with Crippen LogP contribution in [0.2, 0.25) is 0 Å². The molecular formula is C18H27N3O3S. The summed E-state index contributed by atoms with van der Waals surface area (Å²) in [6.07, 6.45) is 8.43. The number of carbonyl (C=O) groups is 3. The average Bonchev–Trinajstić information content (AvgIpc) is 2.94. The zero-order valence-corrected chi connectivity index (χ0v) is 15.4. The quantitative estimate of drug-likeness (QED) is 0.733. The summed E-state index contributed by atoms with van der Waals surface area (Å²) >= 11 is 1.29. The van der Waals surface area contributed by atoms with Gasteiger partial charge in [0.2, 0.25) is 11.8 Å². The van der Waals surface area contributed by atoms with Gasteiger partial charge in [-0.25, -0.2) is 0 Å². The molecule has 5 rings (SSSR count). The predicted molar refractivity (Wildman–Crippen MR) is 95.6 cm³/mol. The van der Waals surface area contributed by atoms with E-state index in [1.807, 2.05) is 0 Å². The van der Waals surface area contributed by atoms with E-state index in [0.717, 1.165) is 23.5 Å². The molecule has 5 fully saturated rings. The van der Waals surface area contributed by atoms with Gasteiger partial charge in [-0.1, -0.05) is 11.8 Å². The van der Waals surface area contributed by atoms with Crippen molar-refractivity contribution in [3.8, 4) is 0 Å². The Labute approximate surface area is 152 Å². The second-order valence-electron chi connectivity index (χ2n) is 8.54. The lowest BCUT2D eigenvalue weighted by Gasteiger charge is -2.56. The number of hydrogen-bond donors (Lipinski definition) is 2. The highest BCUT2D eigenvalue weighted by molar-refractivity contribution is 8.13. The number of hydrogen-bond acceptors (Lipinski definition) is 4.